The Morgan fingerprint density at radius 2 is 2.00 bits per heavy atom. The molecule has 0 fully saturated rings. The van der Waals surface area contributed by atoms with Crippen LogP contribution >= 0.6 is 0 Å². The average Bonchev–Trinajstić information content (AvgIpc) is 2.00. The van der Waals surface area contributed by atoms with Crippen LogP contribution in [0.1, 0.15) is 6.92 Å². The molecule has 0 heterocycles. The first-order valence-corrected chi connectivity index (χ1v) is 3.38. The van der Waals surface area contributed by atoms with E-state index in [1.54, 1.807) is 25.2 Å². The van der Waals surface area contributed by atoms with Gasteiger partial charge in [0.2, 0.25) is 0 Å². The number of carbonyl (C=O) groups excluding carboxylic acids is 1. The van der Waals surface area contributed by atoms with Crippen molar-refractivity contribution < 1.29 is 4.79 Å². The summed E-state index contributed by atoms with van der Waals surface area (Å²) >= 11 is 0. The molecule has 0 atom stereocenters. The van der Waals surface area contributed by atoms with E-state index in [9.17, 15) is 4.79 Å². The minimum atomic E-state index is -0.0394. The number of allylic oxidation sites excluding steroid dienone is 6. The van der Waals surface area contributed by atoms with Crippen LogP contribution in [0, 0.1) is 0 Å². The normalized spacial score (nSPS) is 11.5. The van der Waals surface area contributed by atoms with Crippen LogP contribution in [0.5, 0.6) is 0 Å². The minimum Gasteiger partial charge on any atom is -0.289 e. The zero-order valence-electron chi connectivity index (χ0n) is 6.71. The fraction of sp³-hybridized carbons (Fsp3) is 0.100. The molecule has 58 valence electrons. The van der Waals surface area contributed by atoms with Crippen LogP contribution in [0.25, 0.3) is 0 Å². The lowest BCUT2D eigenvalue weighted by atomic mass is 10.1. The fourth-order valence-electron chi connectivity index (χ4n) is 0.625. The molecule has 0 saturated heterocycles. The lowest BCUT2D eigenvalue weighted by Crippen LogP contribution is -1.93. The summed E-state index contributed by atoms with van der Waals surface area (Å²) in [6.45, 7) is 8.80. The average molecular weight is 148 g/mol. The van der Waals surface area contributed by atoms with E-state index < -0.39 is 0 Å². The van der Waals surface area contributed by atoms with E-state index in [1.807, 2.05) is 0 Å². The summed E-state index contributed by atoms with van der Waals surface area (Å²) in [5, 5.41) is 0. The van der Waals surface area contributed by atoms with E-state index in [0.717, 1.165) is 0 Å². The van der Waals surface area contributed by atoms with Gasteiger partial charge in [-0.05, 0) is 13.0 Å². The van der Waals surface area contributed by atoms with Crippen molar-refractivity contribution >= 4 is 5.78 Å². The van der Waals surface area contributed by atoms with E-state index in [2.05, 4.69) is 13.2 Å². The monoisotopic (exact) mass is 148 g/mol. The molecule has 0 spiro atoms. The third-order valence-electron chi connectivity index (χ3n) is 1.12. The number of rotatable bonds is 4. The molecule has 0 saturated carbocycles. The maximum absolute atomic E-state index is 11.1. The van der Waals surface area contributed by atoms with Gasteiger partial charge in [0.25, 0.3) is 0 Å². The summed E-state index contributed by atoms with van der Waals surface area (Å²) in [6.07, 6.45) is 7.91. The molecule has 0 aromatic carbocycles. The predicted molar refractivity (Wildman–Crippen MR) is 48.3 cm³/mol. The second kappa shape index (κ2) is 5.42. The molecule has 0 N–H and O–H groups in total. The first-order valence-electron chi connectivity index (χ1n) is 3.38. The molecular formula is C10H12O. The molecule has 0 aliphatic rings. The SMILES string of the molecule is C=C/C=C(\C=C)C(=O)/C=C/C. The quantitative estimate of drug-likeness (QED) is 0.442. The summed E-state index contributed by atoms with van der Waals surface area (Å²) in [6, 6.07) is 0. The molecule has 0 bridgehead atoms. The van der Waals surface area contributed by atoms with Crippen LogP contribution in [0.3, 0.4) is 0 Å². The molecule has 0 aliphatic heterocycles. The molecule has 1 heteroatoms. The molecule has 0 aromatic rings. The van der Waals surface area contributed by atoms with Crippen LogP contribution in [-0.2, 0) is 4.79 Å². The van der Waals surface area contributed by atoms with Crippen molar-refractivity contribution in [2.75, 3.05) is 0 Å². The van der Waals surface area contributed by atoms with Gasteiger partial charge in [0, 0.05) is 5.57 Å². The Bertz CT molecular complexity index is 219. The van der Waals surface area contributed by atoms with Crippen molar-refractivity contribution in [3.05, 3.63) is 49.1 Å². The molecule has 0 radical (unpaired) electrons. The number of ketones is 1. The lowest BCUT2D eigenvalue weighted by molar-refractivity contribution is -0.111. The first kappa shape index (κ1) is 9.63. The summed E-state index contributed by atoms with van der Waals surface area (Å²) < 4.78 is 0. The van der Waals surface area contributed by atoms with Crippen molar-refractivity contribution in [2.24, 2.45) is 0 Å². The number of hydrogen-bond donors (Lipinski definition) is 0. The van der Waals surface area contributed by atoms with E-state index >= 15 is 0 Å². The summed E-state index contributed by atoms with van der Waals surface area (Å²) in [5.41, 5.74) is 0.568. The van der Waals surface area contributed by atoms with E-state index in [-0.39, 0.29) is 5.78 Å². The molecule has 0 aromatic heterocycles. The summed E-state index contributed by atoms with van der Waals surface area (Å²) in [4.78, 5) is 11.1. The third-order valence-corrected chi connectivity index (χ3v) is 1.12. The Balaban J connectivity index is 4.51. The van der Waals surface area contributed by atoms with Crippen molar-refractivity contribution in [2.45, 2.75) is 6.92 Å². The van der Waals surface area contributed by atoms with Gasteiger partial charge in [-0.25, -0.2) is 0 Å². The van der Waals surface area contributed by atoms with Crippen LogP contribution < -0.4 is 0 Å². The molecular weight excluding hydrogens is 136 g/mol. The fourth-order valence-corrected chi connectivity index (χ4v) is 0.625. The van der Waals surface area contributed by atoms with Crippen LogP contribution in [0.2, 0.25) is 0 Å². The topological polar surface area (TPSA) is 17.1 Å². The third kappa shape index (κ3) is 3.36. The second-order valence-electron chi connectivity index (χ2n) is 1.93. The van der Waals surface area contributed by atoms with Crippen molar-refractivity contribution in [1.82, 2.24) is 0 Å². The number of carbonyl (C=O) groups is 1. The van der Waals surface area contributed by atoms with Crippen LogP contribution in [0.4, 0.5) is 0 Å². The van der Waals surface area contributed by atoms with Gasteiger partial charge in [-0.2, -0.15) is 0 Å². The zero-order valence-corrected chi connectivity index (χ0v) is 6.71. The molecule has 0 unspecified atom stereocenters. The van der Waals surface area contributed by atoms with Gasteiger partial charge in [-0.15, -0.1) is 0 Å². The Morgan fingerprint density at radius 1 is 1.36 bits per heavy atom. The Morgan fingerprint density at radius 3 is 2.36 bits per heavy atom. The highest BCUT2D eigenvalue weighted by molar-refractivity contribution is 6.06. The molecule has 1 nitrogen and oxygen atoms in total. The Labute approximate surface area is 67.4 Å². The van der Waals surface area contributed by atoms with E-state index in [4.69, 9.17) is 0 Å². The van der Waals surface area contributed by atoms with Gasteiger partial charge in [0.05, 0.1) is 0 Å². The van der Waals surface area contributed by atoms with Crippen molar-refractivity contribution in [3.8, 4) is 0 Å². The zero-order chi connectivity index (χ0) is 8.69. The van der Waals surface area contributed by atoms with Crippen LogP contribution in [-0.4, -0.2) is 5.78 Å². The van der Waals surface area contributed by atoms with Gasteiger partial charge in [-0.1, -0.05) is 37.5 Å². The highest BCUT2D eigenvalue weighted by Crippen LogP contribution is 1.98. The van der Waals surface area contributed by atoms with Crippen LogP contribution in [0.15, 0.2) is 49.1 Å². The van der Waals surface area contributed by atoms with Gasteiger partial charge >= 0.3 is 0 Å². The summed E-state index contributed by atoms with van der Waals surface area (Å²) in [5.74, 6) is -0.0394. The standard InChI is InChI=1S/C10H12O/c1-4-7-9(6-3)10(11)8-5-2/h4-8H,1,3H2,2H3/b8-5+,9-7+. The Hall–Kier alpha value is -1.37. The van der Waals surface area contributed by atoms with Gasteiger partial charge in [0.1, 0.15) is 0 Å². The Kier molecular flexibility index (Phi) is 4.74. The maximum Gasteiger partial charge on any atom is 0.185 e. The second-order valence-corrected chi connectivity index (χ2v) is 1.93. The molecule has 11 heavy (non-hydrogen) atoms. The molecule has 0 rings (SSSR count). The highest BCUT2D eigenvalue weighted by Gasteiger charge is 1.97. The largest absolute Gasteiger partial charge is 0.289 e. The number of hydrogen-bond acceptors (Lipinski definition) is 1. The molecule has 0 amide bonds. The smallest absolute Gasteiger partial charge is 0.185 e. The van der Waals surface area contributed by atoms with Gasteiger partial charge in [-0.3, -0.25) is 4.79 Å². The molecule has 0 aliphatic carbocycles. The highest BCUT2D eigenvalue weighted by atomic mass is 16.1. The van der Waals surface area contributed by atoms with E-state index in [0.29, 0.717) is 5.57 Å². The lowest BCUT2D eigenvalue weighted by Gasteiger charge is -1.91. The maximum atomic E-state index is 11.1. The first-order chi connectivity index (χ1) is 5.26. The van der Waals surface area contributed by atoms with Crippen molar-refractivity contribution in [3.63, 3.8) is 0 Å². The van der Waals surface area contributed by atoms with Gasteiger partial charge < -0.3 is 0 Å². The predicted octanol–water partition coefficient (Wildman–Crippen LogP) is 2.43. The van der Waals surface area contributed by atoms with E-state index in [1.165, 1.54) is 12.2 Å². The van der Waals surface area contributed by atoms with Crippen molar-refractivity contribution in [1.29, 1.82) is 0 Å². The van der Waals surface area contributed by atoms with Gasteiger partial charge in [0.15, 0.2) is 5.78 Å². The summed E-state index contributed by atoms with van der Waals surface area (Å²) in [7, 11) is 0. The minimum absolute atomic E-state index is 0.0394.